The first-order valence-electron chi connectivity index (χ1n) is 11.5. The lowest BCUT2D eigenvalue weighted by Gasteiger charge is -2.28. The Morgan fingerprint density at radius 3 is 2.62 bits per heavy atom. The van der Waals surface area contributed by atoms with Crippen LogP contribution in [0.25, 0.3) is 17.0 Å². The van der Waals surface area contributed by atoms with Crippen LogP contribution in [0, 0.1) is 0 Å². The molecule has 0 radical (unpaired) electrons. The molecule has 2 heteroatoms. The third-order valence-electron chi connectivity index (χ3n) is 7.29. The van der Waals surface area contributed by atoms with E-state index in [-0.39, 0.29) is 0 Å². The molecule has 2 aliphatic carbocycles. The number of H-pyrrole nitrogens is 1. The van der Waals surface area contributed by atoms with Gasteiger partial charge in [0, 0.05) is 39.8 Å². The van der Waals surface area contributed by atoms with Crippen LogP contribution in [0.3, 0.4) is 0 Å². The molecule has 0 spiro atoms. The number of rotatable bonds is 2. The average molecular weight is 413 g/mol. The molecule has 3 aliphatic rings. The summed E-state index contributed by atoms with van der Waals surface area (Å²) < 4.78 is 0. The van der Waals surface area contributed by atoms with E-state index in [1.807, 2.05) is 0 Å². The van der Waals surface area contributed by atoms with Crippen LogP contribution in [0.2, 0.25) is 0 Å². The second-order valence-electron chi connectivity index (χ2n) is 9.00. The molecule has 154 valence electrons. The minimum Gasteiger partial charge on any atom is -0.355 e. The van der Waals surface area contributed by atoms with Gasteiger partial charge in [0.05, 0.1) is 6.04 Å². The highest BCUT2D eigenvalue weighted by Crippen LogP contribution is 2.49. The van der Waals surface area contributed by atoms with E-state index in [0.29, 0.717) is 17.9 Å². The van der Waals surface area contributed by atoms with Crippen molar-refractivity contribution in [1.29, 1.82) is 0 Å². The van der Waals surface area contributed by atoms with Crippen LogP contribution in [0.15, 0.2) is 103 Å². The van der Waals surface area contributed by atoms with Crippen molar-refractivity contribution in [3.8, 4) is 0 Å². The highest BCUT2D eigenvalue weighted by molar-refractivity contribution is 5.89. The fourth-order valence-electron chi connectivity index (χ4n) is 5.90. The van der Waals surface area contributed by atoms with E-state index in [2.05, 4.69) is 119 Å². The van der Waals surface area contributed by atoms with Crippen molar-refractivity contribution in [2.45, 2.75) is 24.3 Å². The van der Waals surface area contributed by atoms with E-state index in [0.717, 1.165) is 6.42 Å². The Labute approximate surface area is 188 Å². The van der Waals surface area contributed by atoms with Crippen molar-refractivity contribution < 1.29 is 0 Å². The lowest BCUT2D eigenvalue weighted by molar-refractivity contribution is 0.743. The topological polar surface area (TPSA) is 19.0 Å². The summed E-state index contributed by atoms with van der Waals surface area (Å²) in [5.74, 6) is 0.764. The largest absolute Gasteiger partial charge is 0.355 e. The molecule has 1 N–H and O–H groups in total. The molecule has 32 heavy (non-hydrogen) atoms. The average Bonchev–Trinajstić information content (AvgIpc) is 3.40. The standard InChI is InChI=1S/C30H24N2/c1-2-9-21(10-3-1)32-28-16-7-5-11-23(28)25-19-20(17-18-29(25)32)22-13-8-15-27-30(22)24-12-4-6-14-26(24)31-27/h1-12,14-19,22-23,28,31H,13H2. The van der Waals surface area contributed by atoms with Gasteiger partial charge < -0.3 is 9.88 Å². The maximum absolute atomic E-state index is 3.63. The van der Waals surface area contributed by atoms with Crippen LogP contribution in [-0.4, -0.2) is 11.0 Å². The molecular weight excluding hydrogens is 388 g/mol. The van der Waals surface area contributed by atoms with Gasteiger partial charge in [0.2, 0.25) is 0 Å². The summed E-state index contributed by atoms with van der Waals surface area (Å²) in [6, 6.07) is 27.0. The van der Waals surface area contributed by atoms with Crippen molar-refractivity contribution in [1.82, 2.24) is 4.98 Å². The number of benzene rings is 3. The highest BCUT2D eigenvalue weighted by Gasteiger charge is 2.38. The lowest BCUT2D eigenvalue weighted by atomic mass is 9.82. The summed E-state index contributed by atoms with van der Waals surface area (Å²) in [4.78, 5) is 6.13. The predicted octanol–water partition coefficient (Wildman–Crippen LogP) is 7.45. The molecule has 3 aromatic carbocycles. The number of nitrogens with zero attached hydrogens (tertiary/aromatic N) is 1. The van der Waals surface area contributed by atoms with Crippen molar-refractivity contribution in [3.05, 3.63) is 126 Å². The maximum atomic E-state index is 3.63. The number of allylic oxidation sites excluding steroid dienone is 3. The number of anilines is 2. The van der Waals surface area contributed by atoms with Crippen LogP contribution in [-0.2, 0) is 0 Å². The van der Waals surface area contributed by atoms with Gasteiger partial charge >= 0.3 is 0 Å². The highest BCUT2D eigenvalue weighted by atomic mass is 15.2. The minimum atomic E-state index is 0.336. The zero-order valence-corrected chi connectivity index (χ0v) is 17.8. The zero-order chi connectivity index (χ0) is 21.1. The molecule has 1 aromatic heterocycles. The van der Waals surface area contributed by atoms with E-state index in [9.17, 15) is 0 Å². The summed E-state index contributed by atoms with van der Waals surface area (Å²) in [6.45, 7) is 0. The van der Waals surface area contributed by atoms with Gasteiger partial charge in [-0.2, -0.15) is 0 Å². The summed E-state index contributed by atoms with van der Waals surface area (Å²) >= 11 is 0. The third kappa shape index (κ3) is 2.53. The summed E-state index contributed by atoms with van der Waals surface area (Å²) in [5.41, 5.74) is 9.36. The Balaban J connectivity index is 1.38. The van der Waals surface area contributed by atoms with E-state index in [1.165, 1.54) is 44.7 Å². The molecule has 0 saturated heterocycles. The fourth-order valence-corrected chi connectivity index (χ4v) is 5.90. The van der Waals surface area contributed by atoms with Crippen molar-refractivity contribution in [3.63, 3.8) is 0 Å². The molecule has 0 fully saturated rings. The second-order valence-corrected chi connectivity index (χ2v) is 9.00. The van der Waals surface area contributed by atoms with Gasteiger partial charge in [0.15, 0.2) is 0 Å². The first-order valence-corrected chi connectivity index (χ1v) is 11.5. The zero-order valence-electron chi connectivity index (χ0n) is 17.8. The molecule has 2 heterocycles. The summed E-state index contributed by atoms with van der Waals surface area (Å²) in [7, 11) is 0. The van der Waals surface area contributed by atoms with Gasteiger partial charge in [0.1, 0.15) is 0 Å². The number of hydrogen-bond acceptors (Lipinski definition) is 1. The van der Waals surface area contributed by atoms with Gasteiger partial charge in [-0.1, -0.05) is 78.9 Å². The number of hydrogen-bond donors (Lipinski definition) is 1. The molecule has 0 saturated carbocycles. The number of para-hydroxylation sites is 2. The molecule has 4 aromatic rings. The molecule has 7 rings (SSSR count). The Bertz CT molecular complexity index is 1420. The van der Waals surface area contributed by atoms with E-state index < -0.39 is 0 Å². The Morgan fingerprint density at radius 1 is 0.844 bits per heavy atom. The van der Waals surface area contributed by atoms with Crippen molar-refractivity contribution >= 4 is 28.4 Å². The van der Waals surface area contributed by atoms with Crippen molar-refractivity contribution in [2.75, 3.05) is 4.90 Å². The van der Waals surface area contributed by atoms with Gasteiger partial charge in [-0.3, -0.25) is 0 Å². The van der Waals surface area contributed by atoms with Crippen LogP contribution < -0.4 is 4.90 Å². The molecule has 1 aliphatic heterocycles. The van der Waals surface area contributed by atoms with Crippen LogP contribution in [0.4, 0.5) is 11.4 Å². The first kappa shape index (κ1) is 17.9. The third-order valence-corrected chi connectivity index (χ3v) is 7.29. The van der Waals surface area contributed by atoms with Crippen LogP contribution in [0.5, 0.6) is 0 Å². The summed E-state index contributed by atoms with van der Waals surface area (Å²) in [5, 5.41) is 1.35. The maximum Gasteiger partial charge on any atom is 0.0629 e. The van der Waals surface area contributed by atoms with Crippen LogP contribution in [0.1, 0.15) is 40.6 Å². The monoisotopic (exact) mass is 412 g/mol. The first-order chi connectivity index (χ1) is 15.9. The number of aromatic nitrogens is 1. The SMILES string of the molecule is C1=CC2c3cc(C4CC=Cc5[nH]c6ccccc6c54)ccc3N(c3ccccc3)C2C=C1. The number of fused-ring (bicyclic) bond motifs is 6. The molecule has 0 amide bonds. The van der Waals surface area contributed by atoms with Gasteiger partial charge in [0.25, 0.3) is 0 Å². The molecule has 3 atom stereocenters. The molecule has 0 bridgehead atoms. The van der Waals surface area contributed by atoms with Crippen LogP contribution >= 0.6 is 0 Å². The van der Waals surface area contributed by atoms with E-state index in [4.69, 9.17) is 0 Å². The molecule has 3 unspecified atom stereocenters. The number of nitrogens with one attached hydrogen (secondary N) is 1. The lowest BCUT2D eigenvalue weighted by Crippen LogP contribution is -2.28. The van der Waals surface area contributed by atoms with E-state index >= 15 is 0 Å². The van der Waals surface area contributed by atoms with Crippen molar-refractivity contribution in [2.24, 2.45) is 0 Å². The molecule has 2 nitrogen and oxygen atoms in total. The Morgan fingerprint density at radius 2 is 1.69 bits per heavy atom. The van der Waals surface area contributed by atoms with Gasteiger partial charge in [-0.05, 0) is 53.5 Å². The normalized spacial score (nSPS) is 22.8. The molecular formula is C30H24N2. The smallest absolute Gasteiger partial charge is 0.0629 e. The second kappa shape index (κ2) is 6.86. The quantitative estimate of drug-likeness (QED) is 0.362. The minimum absolute atomic E-state index is 0.336. The Hall–Kier alpha value is -3.78. The fraction of sp³-hybridized carbons (Fsp3) is 0.133. The Kier molecular flexibility index (Phi) is 3.83. The number of aromatic amines is 1. The van der Waals surface area contributed by atoms with Gasteiger partial charge in [-0.15, -0.1) is 0 Å². The predicted molar refractivity (Wildman–Crippen MR) is 134 cm³/mol. The van der Waals surface area contributed by atoms with E-state index in [1.54, 1.807) is 0 Å². The summed E-state index contributed by atoms with van der Waals surface area (Å²) in [6.07, 6.45) is 14.7. The van der Waals surface area contributed by atoms with Gasteiger partial charge in [-0.25, -0.2) is 0 Å².